The molecule has 0 radical (unpaired) electrons. The lowest BCUT2D eigenvalue weighted by Gasteiger charge is -2.27. The van der Waals surface area contributed by atoms with E-state index < -0.39 is 29.9 Å². The number of halogens is 4. The van der Waals surface area contributed by atoms with Crippen LogP contribution < -0.4 is 4.74 Å². The zero-order valence-corrected chi connectivity index (χ0v) is 16.2. The molecule has 0 bridgehead atoms. The van der Waals surface area contributed by atoms with Gasteiger partial charge in [0, 0.05) is 11.1 Å². The molecule has 1 fully saturated rings. The van der Waals surface area contributed by atoms with Crippen LogP contribution in [0, 0.1) is 29.2 Å². The van der Waals surface area contributed by atoms with Crippen LogP contribution in [0.25, 0.3) is 6.08 Å². The molecule has 0 unspecified atom stereocenters. The number of rotatable bonds is 6. The maximum atomic E-state index is 14.4. The van der Waals surface area contributed by atoms with Crippen molar-refractivity contribution >= 4 is 6.08 Å². The van der Waals surface area contributed by atoms with Crippen LogP contribution in [-0.4, -0.2) is 11.7 Å². The first-order valence-corrected chi connectivity index (χ1v) is 9.82. The highest BCUT2D eigenvalue weighted by Crippen LogP contribution is 2.39. The Labute approximate surface area is 167 Å². The van der Waals surface area contributed by atoms with E-state index in [9.17, 15) is 17.6 Å². The van der Waals surface area contributed by atoms with E-state index >= 15 is 0 Å². The van der Waals surface area contributed by atoms with Crippen LogP contribution in [0.3, 0.4) is 0 Å². The molecule has 1 aliphatic rings. The summed E-state index contributed by atoms with van der Waals surface area (Å²) in [6.45, 7) is 1.42. The third-order valence-corrected chi connectivity index (χ3v) is 5.50. The van der Waals surface area contributed by atoms with E-state index in [1.165, 1.54) is 18.2 Å². The summed E-state index contributed by atoms with van der Waals surface area (Å²) in [6.07, 6.45) is 6.23. The maximum Gasteiger partial charge on any atom is 0.200 e. The van der Waals surface area contributed by atoms with Gasteiger partial charge in [-0.1, -0.05) is 30.4 Å². The van der Waals surface area contributed by atoms with Crippen molar-refractivity contribution in [2.75, 3.05) is 6.61 Å². The lowest BCUT2D eigenvalue weighted by Crippen LogP contribution is -2.14. The van der Waals surface area contributed by atoms with Crippen LogP contribution in [0.1, 0.15) is 55.2 Å². The van der Waals surface area contributed by atoms with Gasteiger partial charge in [-0.3, -0.25) is 0 Å². The summed E-state index contributed by atoms with van der Waals surface area (Å²) in [7, 11) is 0. The van der Waals surface area contributed by atoms with Gasteiger partial charge < -0.3 is 9.84 Å². The Morgan fingerprint density at radius 1 is 0.931 bits per heavy atom. The van der Waals surface area contributed by atoms with Crippen molar-refractivity contribution in [3.63, 3.8) is 0 Å². The van der Waals surface area contributed by atoms with Gasteiger partial charge in [0.2, 0.25) is 5.82 Å². The minimum atomic E-state index is -1.04. The van der Waals surface area contributed by atoms with Crippen molar-refractivity contribution in [1.29, 1.82) is 0 Å². The van der Waals surface area contributed by atoms with E-state index in [0.717, 1.165) is 12.8 Å². The van der Waals surface area contributed by atoms with Crippen LogP contribution in [0.4, 0.5) is 17.6 Å². The summed E-state index contributed by atoms with van der Waals surface area (Å²) in [5.74, 6) is -3.82. The molecule has 2 aromatic rings. The van der Waals surface area contributed by atoms with Crippen molar-refractivity contribution < 1.29 is 27.4 Å². The lowest BCUT2D eigenvalue weighted by atomic mass is 9.78. The smallest absolute Gasteiger partial charge is 0.200 e. The van der Waals surface area contributed by atoms with Crippen molar-refractivity contribution in [1.82, 2.24) is 0 Å². The zero-order valence-electron chi connectivity index (χ0n) is 16.2. The van der Waals surface area contributed by atoms with Crippen LogP contribution >= 0.6 is 0 Å². The lowest BCUT2D eigenvalue weighted by molar-refractivity contribution is 0.273. The molecule has 0 aliphatic heterocycles. The first kappa shape index (κ1) is 21.4. The third-order valence-electron chi connectivity index (χ3n) is 5.50. The van der Waals surface area contributed by atoms with E-state index in [-0.39, 0.29) is 35.3 Å². The Kier molecular flexibility index (Phi) is 6.96. The van der Waals surface area contributed by atoms with Gasteiger partial charge in [-0.25, -0.2) is 13.2 Å². The molecule has 0 saturated heterocycles. The Morgan fingerprint density at radius 2 is 1.66 bits per heavy atom. The molecule has 0 spiro atoms. The molecule has 1 N–H and O–H groups in total. The Bertz CT molecular complexity index is 887. The Hall–Kier alpha value is -2.34. The zero-order chi connectivity index (χ0) is 21.0. The minimum Gasteiger partial charge on any atom is -0.491 e. The largest absolute Gasteiger partial charge is 0.491 e. The normalized spacial score (nSPS) is 19.7. The summed E-state index contributed by atoms with van der Waals surface area (Å²) >= 11 is 0. The highest BCUT2D eigenvalue weighted by molar-refractivity contribution is 5.51. The average molecular weight is 408 g/mol. The van der Waals surface area contributed by atoms with Gasteiger partial charge in [0.05, 0.1) is 13.2 Å². The Balaban J connectivity index is 1.65. The van der Waals surface area contributed by atoms with Crippen molar-refractivity contribution in [3.05, 3.63) is 70.3 Å². The molecular formula is C23H24F4O2. The molecule has 156 valence electrons. The van der Waals surface area contributed by atoms with Gasteiger partial charge in [-0.2, -0.15) is 4.39 Å². The first-order chi connectivity index (χ1) is 14.0. The van der Waals surface area contributed by atoms with Gasteiger partial charge in [0.15, 0.2) is 23.2 Å². The molecule has 2 nitrogen and oxygen atoms in total. The van der Waals surface area contributed by atoms with E-state index in [2.05, 4.69) is 0 Å². The fourth-order valence-corrected chi connectivity index (χ4v) is 3.85. The minimum absolute atomic E-state index is 0.0770. The summed E-state index contributed by atoms with van der Waals surface area (Å²) < 4.78 is 61.4. The topological polar surface area (TPSA) is 29.5 Å². The first-order valence-electron chi connectivity index (χ1n) is 9.82. The standard InChI is InChI=1S/C23H24F4O2/c1-2-29-19-12-11-18(22(26)23(19)27)15-6-3-14(4-7-15)5-8-16-9-10-17(13-28)21(25)20(16)24/h5,8-12,14-15,28H,2-4,6-7,13H2,1H3/b8-5+. The number of aliphatic hydroxyl groups excluding tert-OH is 1. The molecule has 1 aliphatic carbocycles. The highest BCUT2D eigenvalue weighted by Gasteiger charge is 2.26. The fraction of sp³-hybridized carbons (Fsp3) is 0.391. The molecule has 2 aromatic carbocycles. The second-order valence-corrected chi connectivity index (χ2v) is 7.28. The van der Waals surface area contributed by atoms with Gasteiger partial charge in [-0.05, 0) is 56.1 Å². The predicted molar refractivity (Wildman–Crippen MR) is 104 cm³/mol. The molecule has 0 atom stereocenters. The van der Waals surface area contributed by atoms with E-state index in [0.29, 0.717) is 18.4 Å². The van der Waals surface area contributed by atoms with Crippen LogP contribution in [-0.2, 0) is 6.61 Å². The quantitative estimate of drug-likeness (QED) is 0.584. The fourth-order valence-electron chi connectivity index (χ4n) is 3.85. The predicted octanol–water partition coefficient (Wildman–Crippen LogP) is 6.12. The van der Waals surface area contributed by atoms with Gasteiger partial charge in [-0.15, -0.1) is 0 Å². The number of allylic oxidation sites excluding steroid dienone is 1. The number of hydrogen-bond donors (Lipinski definition) is 1. The summed E-state index contributed by atoms with van der Waals surface area (Å²) in [5.41, 5.74) is 0.410. The average Bonchev–Trinajstić information content (AvgIpc) is 2.73. The molecule has 0 amide bonds. The summed E-state index contributed by atoms with van der Waals surface area (Å²) in [6, 6.07) is 5.85. The third kappa shape index (κ3) is 4.64. The molecule has 1 saturated carbocycles. The molecule has 3 rings (SSSR count). The van der Waals surface area contributed by atoms with E-state index in [1.807, 2.05) is 6.08 Å². The number of aliphatic hydroxyl groups is 1. The van der Waals surface area contributed by atoms with Crippen LogP contribution in [0.2, 0.25) is 0 Å². The van der Waals surface area contributed by atoms with Gasteiger partial charge in [0.1, 0.15) is 0 Å². The molecular weight excluding hydrogens is 384 g/mol. The second-order valence-electron chi connectivity index (χ2n) is 7.28. The summed E-state index contributed by atoms with van der Waals surface area (Å²) in [4.78, 5) is 0. The van der Waals surface area contributed by atoms with Crippen molar-refractivity contribution in [2.45, 2.75) is 45.1 Å². The molecule has 0 heterocycles. The number of ether oxygens (including phenoxy) is 1. The Morgan fingerprint density at radius 3 is 2.31 bits per heavy atom. The second kappa shape index (κ2) is 9.44. The SMILES string of the molecule is CCOc1ccc(C2CCC(/C=C/c3ccc(CO)c(F)c3F)CC2)c(F)c1F. The van der Waals surface area contributed by atoms with Crippen molar-refractivity contribution in [2.24, 2.45) is 5.92 Å². The number of hydrogen-bond acceptors (Lipinski definition) is 2. The summed E-state index contributed by atoms with van der Waals surface area (Å²) in [5, 5.41) is 8.98. The number of benzene rings is 2. The van der Waals surface area contributed by atoms with E-state index in [4.69, 9.17) is 9.84 Å². The van der Waals surface area contributed by atoms with Gasteiger partial charge >= 0.3 is 0 Å². The highest BCUT2D eigenvalue weighted by atomic mass is 19.2. The molecule has 6 heteroatoms. The maximum absolute atomic E-state index is 14.4. The van der Waals surface area contributed by atoms with Crippen LogP contribution in [0.5, 0.6) is 5.75 Å². The van der Waals surface area contributed by atoms with Gasteiger partial charge in [0.25, 0.3) is 0 Å². The molecule has 0 aromatic heterocycles. The van der Waals surface area contributed by atoms with Crippen LogP contribution in [0.15, 0.2) is 30.3 Å². The van der Waals surface area contributed by atoms with E-state index in [1.54, 1.807) is 19.1 Å². The van der Waals surface area contributed by atoms with Crippen molar-refractivity contribution in [3.8, 4) is 5.75 Å². The molecule has 29 heavy (non-hydrogen) atoms. The monoisotopic (exact) mass is 408 g/mol.